The Morgan fingerprint density at radius 1 is 1.05 bits per heavy atom. The van der Waals surface area contributed by atoms with E-state index < -0.39 is 6.10 Å². The van der Waals surface area contributed by atoms with Gasteiger partial charge in [0.05, 0.1) is 19.8 Å². The number of carbonyl (C=O) groups excluding carboxylic acids is 1. The van der Waals surface area contributed by atoms with E-state index in [-0.39, 0.29) is 0 Å². The number of carbonyl (C=O) groups is 1. The van der Waals surface area contributed by atoms with Crippen LogP contribution in [0.25, 0.3) is 0 Å². The molecule has 0 saturated heterocycles. The smallest absolute Gasteiger partial charge is 0.153 e. The van der Waals surface area contributed by atoms with Crippen molar-refractivity contribution in [3.05, 3.63) is 59.2 Å². The Balaban J connectivity index is 2.52. The Kier molecular flexibility index (Phi) is 4.38. The van der Waals surface area contributed by atoms with Gasteiger partial charge in [0, 0.05) is 5.56 Å². The topological polar surface area (TPSA) is 55.8 Å². The second kappa shape index (κ2) is 6.21. The summed E-state index contributed by atoms with van der Waals surface area (Å²) in [7, 11) is 2.98. The Morgan fingerprint density at radius 3 is 2.25 bits per heavy atom. The summed E-state index contributed by atoms with van der Waals surface area (Å²) in [5, 5.41) is 10.5. The highest BCUT2D eigenvalue weighted by atomic mass is 16.5. The second-order valence-corrected chi connectivity index (χ2v) is 4.27. The van der Waals surface area contributed by atoms with E-state index in [0.29, 0.717) is 28.9 Å². The van der Waals surface area contributed by atoms with Gasteiger partial charge in [-0.25, -0.2) is 0 Å². The van der Waals surface area contributed by atoms with Gasteiger partial charge in [-0.3, -0.25) is 4.79 Å². The standard InChI is InChI=1S/C16H16O4/c1-19-14-9-13(15(20-2)8-12(14)10-17)16(18)11-6-4-3-5-7-11/h3-10,16,18H,1-2H3. The van der Waals surface area contributed by atoms with Gasteiger partial charge in [-0.15, -0.1) is 0 Å². The van der Waals surface area contributed by atoms with Gasteiger partial charge in [0.1, 0.15) is 17.6 Å². The molecule has 2 rings (SSSR count). The van der Waals surface area contributed by atoms with Crippen LogP contribution in [0.3, 0.4) is 0 Å². The number of methoxy groups -OCH3 is 2. The second-order valence-electron chi connectivity index (χ2n) is 4.27. The molecule has 0 radical (unpaired) electrons. The summed E-state index contributed by atoms with van der Waals surface area (Å²) in [6.07, 6.45) is -0.152. The highest BCUT2D eigenvalue weighted by Crippen LogP contribution is 2.34. The maximum Gasteiger partial charge on any atom is 0.153 e. The zero-order chi connectivity index (χ0) is 14.5. The first-order chi connectivity index (χ1) is 9.71. The van der Waals surface area contributed by atoms with E-state index in [1.54, 1.807) is 12.1 Å². The number of hydrogen-bond acceptors (Lipinski definition) is 4. The van der Waals surface area contributed by atoms with Crippen molar-refractivity contribution >= 4 is 6.29 Å². The first kappa shape index (κ1) is 14.1. The molecular weight excluding hydrogens is 256 g/mol. The van der Waals surface area contributed by atoms with Crippen LogP contribution in [-0.4, -0.2) is 25.6 Å². The van der Waals surface area contributed by atoms with Crippen molar-refractivity contribution in [3.63, 3.8) is 0 Å². The molecule has 0 heterocycles. The summed E-state index contributed by atoms with van der Waals surface area (Å²) in [4.78, 5) is 11.0. The minimum atomic E-state index is -0.847. The van der Waals surface area contributed by atoms with Crippen LogP contribution >= 0.6 is 0 Å². The summed E-state index contributed by atoms with van der Waals surface area (Å²) < 4.78 is 10.4. The van der Waals surface area contributed by atoms with Crippen LogP contribution in [0.15, 0.2) is 42.5 Å². The number of aldehydes is 1. The van der Waals surface area contributed by atoms with Gasteiger partial charge in [0.2, 0.25) is 0 Å². The Morgan fingerprint density at radius 2 is 1.70 bits per heavy atom. The highest BCUT2D eigenvalue weighted by Gasteiger charge is 2.18. The maximum atomic E-state index is 11.0. The van der Waals surface area contributed by atoms with Crippen molar-refractivity contribution < 1.29 is 19.4 Å². The van der Waals surface area contributed by atoms with Crippen LogP contribution in [0, 0.1) is 0 Å². The molecule has 1 atom stereocenters. The van der Waals surface area contributed by atoms with Gasteiger partial charge in [-0.05, 0) is 17.7 Å². The SMILES string of the molecule is COc1cc(C(O)c2ccccc2)c(OC)cc1C=O. The van der Waals surface area contributed by atoms with Gasteiger partial charge < -0.3 is 14.6 Å². The van der Waals surface area contributed by atoms with Crippen LogP contribution in [0.4, 0.5) is 0 Å². The lowest BCUT2D eigenvalue weighted by molar-refractivity contribution is 0.112. The minimum Gasteiger partial charge on any atom is -0.496 e. The molecule has 4 heteroatoms. The summed E-state index contributed by atoms with van der Waals surface area (Å²) in [6, 6.07) is 12.4. The van der Waals surface area contributed by atoms with Crippen LogP contribution < -0.4 is 9.47 Å². The van der Waals surface area contributed by atoms with Crippen LogP contribution in [-0.2, 0) is 0 Å². The Hall–Kier alpha value is -2.33. The van der Waals surface area contributed by atoms with Crippen LogP contribution in [0.2, 0.25) is 0 Å². The van der Waals surface area contributed by atoms with Gasteiger partial charge in [-0.2, -0.15) is 0 Å². The number of benzene rings is 2. The summed E-state index contributed by atoms with van der Waals surface area (Å²) in [6.45, 7) is 0. The quantitative estimate of drug-likeness (QED) is 0.850. The van der Waals surface area contributed by atoms with Crippen molar-refractivity contribution in [2.75, 3.05) is 14.2 Å². The fourth-order valence-corrected chi connectivity index (χ4v) is 2.07. The molecule has 0 aliphatic heterocycles. The summed E-state index contributed by atoms with van der Waals surface area (Å²) >= 11 is 0. The molecule has 4 nitrogen and oxygen atoms in total. The molecule has 1 unspecified atom stereocenters. The number of aliphatic hydroxyl groups is 1. The zero-order valence-corrected chi connectivity index (χ0v) is 11.4. The Labute approximate surface area is 117 Å². The first-order valence-electron chi connectivity index (χ1n) is 6.15. The van der Waals surface area contributed by atoms with E-state index >= 15 is 0 Å². The van der Waals surface area contributed by atoms with Gasteiger partial charge in [0.15, 0.2) is 6.29 Å². The van der Waals surface area contributed by atoms with Crippen molar-refractivity contribution in [1.29, 1.82) is 0 Å². The van der Waals surface area contributed by atoms with Gasteiger partial charge in [0.25, 0.3) is 0 Å². The van der Waals surface area contributed by atoms with E-state index in [9.17, 15) is 9.90 Å². The van der Waals surface area contributed by atoms with Crippen molar-refractivity contribution in [3.8, 4) is 11.5 Å². The fourth-order valence-electron chi connectivity index (χ4n) is 2.07. The van der Waals surface area contributed by atoms with Crippen molar-refractivity contribution in [2.45, 2.75) is 6.10 Å². The third-order valence-electron chi connectivity index (χ3n) is 3.12. The predicted octanol–water partition coefficient (Wildman–Crippen LogP) is 2.60. The third-order valence-corrected chi connectivity index (χ3v) is 3.12. The van der Waals surface area contributed by atoms with Crippen molar-refractivity contribution in [2.24, 2.45) is 0 Å². The molecule has 0 aromatic heterocycles. The minimum absolute atomic E-state index is 0.383. The molecule has 0 amide bonds. The third kappa shape index (κ3) is 2.65. The van der Waals surface area contributed by atoms with Gasteiger partial charge >= 0.3 is 0 Å². The van der Waals surface area contributed by atoms with E-state index in [2.05, 4.69) is 0 Å². The molecule has 2 aromatic carbocycles. The average Bonchev–Trinajstić information content (AvgIpc) is 2.53. The van der Waals surface area contributed by atoms with E-state index in [0.717, 1.165) is 5.56 Å². The predicted molar refractivity (Wildman–Crippen MR) is 75.4 cm³/mol. The Bertz CT molecular complexity index is 593. The molecule has 0 spiro atoms. The zero-order valence-electron chi connectivity index (χ0n) is 11.4. The van der Waals surface area contributed by atoms with Crippen LogP contribution in [0.1, 0.15) is 27.6 Å². The summed E-state index contributed by atoms with van der Waals surface area (Å²) in [5.74, 6) is 0.857. The molecule has 0 bridgehead atoms. The molecule has 0 aliphatic rings. The number of hydrogen-bond donors (Lipinski definition) is 1. The summed E-state index contributed by atoms with van der Waals surface area (Å²) in [5.41, 5.74) is 1.68. The highest BCUT2D eigenvalue weighted by molar-refractivity contribution is 5.81. The molecular formula is C16H16O4. The fraction of sp³-hybridized carbons (Fsp3) is 0.188. The molecule has 0 aliphatic carbocycles. The number of rotatable bonds is 5. The number of ether oxygens (including phenoxy) is 2. The average molecular weight is 272 g/mol. The van der Waals surface area contributed by atoms with E-state index in [1.807, 2.05) is 30.3 Å². The maximum absolute atomic E-state index is 11.0. The van der Waals surface area contributed by atoms with Gasteiger partial charge in [-0.1, -0.05) is 30.3 Å². The molecule has 0 fully saturated rings. The molecule has 104 valence electrons. The first-order valence-corrected chi connectivity index (χ1v) is 6.15. The molecule has 2 aromatic rings. The number of aliphatic hydroxyl groups excluding tert-OH is 1. The molecule has 20 heavy (non-hydrogen) atoms. The van der Waals surface area contributed by atoms with Crippen LogP contribution in [0.5, 0.6) is 11.5 Å². The monoisotopic (exact) mass is 272 g/mol. The molecule has 1 N–H and O–H groups in total. The normalized spacial score (nSPS) is 11.8. The van der Waals surface area contributed by atoms with Crippen molar-refractivity contribution in [1.82, 2.24) is 0 Å². The lowest BCUT2D eigenvalue weighted by Gasteiger charge is -2.17. The molecule has 0 saturated carbocycles. The van der Waals surface area contributed by atoms with E-state index in [1.165, 1.54) is 14.2 Å². The lowest BCUT2D eigenvalue weighted by Crippen LogP contribution is -2.04. The largest absolute Gasteiger partial charge is 0.496 e. The lowest BCUT2D eigenvalue weighted by atomic mass is 9.99. The van der Waals surface area contributed by atoms with E-state index in [4.69, 9.17) is 9.47 Å².